The van der Waals surface area contributed by atoms with E-state index in [9.17, 15) is 9.59 Å². The van der Waals surface area contributed by atoms with Crippen LogP contribution in [0.2, 0.25) is 0 Å². The molecule has 0 spiro atoms. The van der Waals surface area contributed by atoms with Gasteiger partial charge in [-0.15, -0.1) is 0 Å². The summed E-state index contributed by atoms with van der Waals surface area (Å²) < 4.78 is 0. The largest absolute Gasteiger partial charge is 0.410 e. The van der Waals surface area contributed by atoms with Crippen molar-refractivity contribution >= 4 is 17.3 Å². The van der Waals surface area contributed by atoms with Gasteiger partial charge in [0.15, 0.2) is 11.5 Å². The lowest BCUT2D eigenvalue weighted by Gasteiger charge is -2.01. The predicted octanol–water partition coefficient (Wildman–Crippen LogP) is 1.85. The fourth-order valence-electron chi connectivity index (χ4n) is 1.30. The number of ketones is 2. The third kappa shape index (κ3) is 3.48. The van der Waals surface area contributed by atoms with E-state index in [2.05, 4.69) is 10.1 Å². The van der Waals surface area contributed by atoms with Crippen LogP contribution < -0.4 is 0 Å². The number of hydrogen-bond acceptors (Lipinski definition) is 5. The molecule has 90 valence electrons. The molecular formula is C12H14N2O3. The Morgan fingerprint density at radius 1 is 1.41 bits per heavy atom. The van der Waals surface area contributed by atoms with E-state index in [0.29, 0.717) is 6.42 Å². The Balaban J connectivity index is 2.83. The Hall–Kier alpha value is -2.04. The van der Waals surface area contributed by atoms with Crippen LogP contribution in [0.4, 0.5) is 0 Å². The van der Waals surface area contributed by atoms with Crippen LogP contribution >= 0.6 is 0 Å². The number of unbranched alkanes of at least 4 members (excludes halogenated alkanes) is 1. The van der Waals surface area contributed by atoms with Crippen molar-refractivity contribution in [1.82, 2.24) is 4.98 Å². The summed E-state index contributed by atoms with van der Waals surface area (Å²) >= 11 is 0. The number of hydrogen-bond donors (Lipinski definition) is 1. The van der Waals surface area contributed by atoms with Gasteiger partial charge in [-0.2, -0.15) is 0 Å². The first kappa shape index (κ1) is 13.0. The Morgan fingerprint density at radius 2 is 2.18 bits per heavy atom. The molecule has 0 aliphatic heterocycles. The van der Waals surface area contributed by atoms with Gasteiger partial charge < -0.3 is 5.21 Å². The zero-order valence-corrected chi connectivity index (χ0v) is 9.59. The monoisotopic (exact) mass is 234 g/mol. The number of nitrogens with zero attached hydrogens (tertiary/aromatic N) is 2. The van der Waals surface area contributed by atoms with Gasteiger partial charge in [-0.1, -0.05) is 24.6 Å². The van der Waals surface area contributed by atoms with Crippen LogP contribution in [0.3, 0.4) is 0 Å². The minimum absolute atomic E-state index is 0.102. The van der Waals surface area contributed by atoms with E-state index in [4.69, 9.17) is 5.21 Å². The highest BCUT2D eigenvalue weighted by molar-refractivity contribution is 6.68. The first-order valence-corrected chi connectivity index (χ1v) is 5.41. The van der Waals surface area contributed by atoms with Gasteiger partial charge in [-0.05, 0) is 18.6 Å². The van der Waals surface area contributed by atoms with Gasteiger partial charge in [0.05, 0.1) is 0 Å². The molecule has 0 fully saturated rings. The standard InChI is InChI=1S/C12H14N2O3/c1-2-3-7-10(15)11(14-17)12(16)9-6-4-5-8-13-9/h4-6,8,17H,2-3,7H2,1H3/b14-11+. The van der Waals surface area contributed by atoms with Gasteiger partial charge in [0.1, 0.15) is 5.69 Å². The maximum atomic E-state index is 11.8. The molecule has 0 aromatic carbocycles. The smallest absolute Gasteiger partial charge is 0.236 e. The van der Waals surface area contributed by atoms with Gasteiger partial charge in [0.25, 0.3) is 0 Å². The van der Waals surface area contributed by atoms with E-state index in [1.54, 1.807) is 12.1 Å². The van der Waals surface area contributed by atoms with Crippen molar-refractivity contribution < 1.29 is 14.8 Å². The molecule has 0 bridgehead atoms. The van der Waals surface area contributed by atoms with Crippen LogP contribution in [0.1, 0.15) is 36.7 Å². The molecule has 0 aliphatic rings. The first-order chi connectivity index (χ1) is 8.20. The van der Waals surface area contributed by atoms with Crippen LogP contribution in [0, 0.1) is 0 Å². The molecule has 1 heterocycles. The Labute approximate surface area is 99.2 Å². The molecule has 0 atom stereocenters. The summed E-state index contributed by atoms with van der Waals surface area (Å²) in [6, 6.07) is 4.76. The van der Waals surface area contributed by atoms with Crippen LogP contribution in [0.5, 0.6) is 0 Å². The second-order valence-electron chi connectivity index (χ2n) is 3.52. The van der Waals surface area contributed by atoms with Crippen molar-refractivity contribution in [1.29, 1.82) is 0 Å². The number of carbonyl (C=O) groups is 2. The molecule has 17 heavy (non-hydrogen) atoms. The molecule has 5 heteroatoms. The fraction of sp³-hybridized carbons (Fsp3) is 0.333. The summed E-state index contributed by atoms with van der Waals surface area (Å²) in [5.41, 5.74) is -0.345. The topological polar surface area (TPSA) is 79.6 Å². The number of aromatic nitrogens is 1. The summed E-state index contributed by atoms with van der Waals surface area (Å²) in [6.45, 7) is 1.93. The lowest BCUT2D eigenvalue weighted by Crippen LogP contribution is -2.25. The van der Waals surface area contributed by atoms with Crippen molar-refractivity contribution in [2.45, 2.75) is 26.2 Å². The molecule has 0 amide bonds. The average molecular weight is 234 g/mol. The Bertz CT molecular complexity index is 427. The molecular weight excluding hydrogens is 220 g/mol. The highest BCUT2D eigenvalue weighted by Crippen LogP contribution is 2.03. The van der Waals surface area contributed by atoms with E-state index in [0.717, 1.165) is 6.42 Å². The van der Waals surface area contributed by atoms with Crippen molar-refractivity contribution in [2.75, 3.05) is 0 Å². The van der Waals surface area contributed by atoms with E-state index in [-0.39, 0.29) is 12.1 Å². The van der Waals surface area contributed by atoms with Gasteiger partial charge in [0, 0.05) is 12.6 Å². The second kappa shape index (κ2) is 6.52. The highest BCUT2D eigenvalue weighted by Gasteiger charge is 2.22. The Kier molecular flexibility index (Phi) is 5.00. The SMILES string of the molecule is CCCCC(=O)/C(=N\O)C(=O)c1ccccn1. The van der Waals surface area contributed by atoms with Crippen LogP contribution in [0.25, 0.3) is 0 Å². The molecule has 1 rings (SSSR count). The van der Waals surface area contributed by atoms with Crippen molar-refractivity contribution in [3.63, 3.8) is 0 Å². The van der Waals surface area contributed by atoms with E-state index in [1.165, 1.54) is 12.3 Å². The van der Waals surface area contributed by atoms with E-state index < -0.39 is 17.3 Å². The fourth-order valence-corrected chi connectivity index (χ4v) is 1.30. The summed E-state index contributed by atoms with van der Waals surface area (Å²) in [7, 11) is 0. The quantitative estimate of drug-likeness (QED) is 0.268. The lowest BCUT2D eigenvalue weighted by molar-refractivity contribution is -0.113. The molecule has 0 aliphatic carbocycles. The van der Waals surface area contributed by atoms with Crippen LogP contribution in [0.15, 0.2) is 29.6 Å². The molecule has 5 nitrogen and oxygen atoms in total. The zero-order chi connectivity index (χ0) is 12.7. The van der Waals surface area contributed by atoms with Crippen LogP contribution in [-0.2, 0) is 4.79 Å². The lowest BCUT2D eigenvalue weighted by atomic mass is 10.0. The van der Waals surface area contributed by atoms with Gasteiger partial charge in [0.2, 0.25) is 5.78 Å². The average Bonchev–Trinajstić information content (AvgIpc) is 2.38. The predicted molar refractivity (Wildman–Crippen MR) is 62.3 cm³/mol. The van der Waals surface area contributed by atoms with Gasteiger partial charge in [-0.3, -0.25) is 14.6 Å². The zero-order valence-electron chi connectivity index (χ0n) is 9.59. The number of carbonyl (C=O) groups excluding carboxylic acids is 2. The second-order valence-corrected chi connectivity index (χ2v) is 3.52. The van der Waals surface area contributed by atoms with E-state index >= 15 is 0 Å². The summed E-state index contributed by atoms with van der Waals surface area (Å²) in [5, 5.41) is 11.5. The maximum absolute atomic E-state index is 11.8. The van der Waals surface area contributed by atoms with Crippen molar-refractivity contribution in [2.24, 2.45) is 5.16 Å². The minimum Gasteiger partial charge on any atom is -0.410 e. The van der Waals surface area contributed by atoms with Crippen molar-refractivity contribution in [3.8, 4) is 0 Å². The number of oxime groups is 1. The molecule has 0 saturated carbocycles. The molecule has 0 radical (unpaired) electrons. The number of pyridine rings is 1. The molecule has 0 unspecified atom stereocenters. The number of rotatable bonds is 6. The summed E-state index contributed by atoms with van der Waals surface area (Å²) in [6.07, 6.45) is 3.14. The van der Waals surface area contributed by atoms with Crippen LogP contribution in [-0.4, -0.2) is 27.5 Å². The third-order valence-corrected chi connectivity index (χ3v) is 2.23. The summed E-state index contributed by atoms with van der Waals surface area (Å²) in [4.78, 5) is 27.2. The van der Waals surface area contributed by atoms with Gasteiger partial charge in [-0.25, -0.2) is 0 Å². The minimum atomic E-state index is -0.644. The van der Waals surface area contributed by atoms with Gasteiger partial charge >= 0.3 is 0 Å². The third-order valence-electron chi connectivity index (χ3n) is 2.23. The Morgan fingerprint density at radius 3 is 2.71 bits per heavy atom. The molecule has 1 aromatic rings. The number of Topliss-reactive ketones (excluding diaryl/α,β-unsaturated/α-hetero) is 2. The summed E-state index contributed by atoms with van der Waals surface area (Å²) in [5.74, 6) is -1.10. The maximum Gasteiger partial charge on any atom is 0.236 e. The normalized spacial score (nSPS) is 11.2. The van der Waals surface area contributed by atoms with E-state index in [1.807, 2.05) is 6.92 Å². The highest BCUT2D eigenvalue weighted by atomic mass is 16.4. The molecule has 1 aromatic heterocycles. The first-order valence-electron chi connectivity index (χ1n) is 5.41. The van der Waals surface area contributed by atoms with Crippen molar-refractivity contribution in [3.05, 3.63) is 30.1 Å². The molecule has 0 saturated heterocycles. The molecule has 1 N–H and O–H groups in total.